The van der Waals surface area contributed by atoms with E-state index < -0.39 is 5.60 Å². The largest absolute Gasteiger partial charge is 0.474 e. The third kappa shape index (κ3) is 3.17. The maximum Gasteiger partial charge on any atom is 0.318 e. The number of aliphatic hydroxyl groups is 1. The van der Waals surface area contributed by atoms with Crippen LogP contribution in [0.1, 0.15) is 57.8 Å². The Bertz CT molecular complexity index is 803. The molecule has 2 N–H and O–H groups in total. The zero-order valence-corrected chi connectivity index (χ0v) is 17.2. The van der Waals surface area contributed by atoms with Crippen molar-refractivity contribution in [1.29, 1.82) is 0 Å². The van der Waals surface area contributed by atoms with Crippen LogP contribution in [0, 0.1) is 23.6 Å². The van der Waals surface area contributed by atoms with Crippen LogP contribution in [0.4, 0.5) is 9.18 Å². The Hall–Kier alpha value is -1.89. The van der Waals surface area contributed by atoms with E-state index in [4.69, 9.17) is 4.74 Å². The molecular formula is C23H30FN3O3. The van der Waals surface area contributed by atoms with Gasteiger partial charge in [-0.15, -0.1) is 0 Å². The molecule has 0 radical (unpaired) electrons. The number of carbonyl (C=O) groups excluding carboxylic acids is 1. The number of ether oxygens (including phenoxy) is 1. The lowest BCUT2D eigenvalue weighted by atomic mass is 9.52. The van der Waals surface area contributed by atoms with E-state index in [1.165, 1.54) is 12.3 Å². The van der Waals surface area contributed by atoms with Crippen LogP contribution in [0.2, 0.25) is 0 Å². The Kier molecular flexibility index (Phi) is 4.28. The number of fused-ring (bicyclic) bond motifs is 2. The predicted molar refractivity (Wildman–Crippen MR) is 107 cm³/mol. The van der Waals surface area contributed by atoms with E-state index in [0.29, 0.717) is 23.6 Å². The highest BCUT2D eigenvalue weighted by atomic mass is 19.1. The van der Waals surface area contributed by atoms with Crippen molar-refractivity contribution in [1.82, 2.24) is 15.2 Å². The molecular weight excluding hydrogens is 385 g/mol. The lowest BCUT2D eigenvalue weighted by molar-refractivity contribution is -0.137. The first-order valence-electron chi connectivity index (χ1n) is 11.6. The molecule has 6 bridgehead atoms. The Morgan fingerprint density at radius 1 is 1.13 bits per heavy atom. The lowest BCUT2D eigenvalue weighted by Gasteiger charge is -2.58. The number of aromatic nitrogens is 1. The molecule has 6 fully saturated rings. The summed E-state index contributed by atoms with van der Waals surface area (Å²) in [6, 6.07) is 3.60. The van der Waals surface area contributed by atoms with Crippen molar-refractivity contribution in [2.24, 2.45) is 17.8 Å². The normalized spacial score (nSPS) is 43.7. The molecule has 4 saturated carbocycles. The SMILES string of the molecule is O=C(NC1C2CC3CC1CC(O)(C3)C2)N1C2CCC1CC(Oc1ccc(F)cn1)C2. The number of nitrogens with zero attached hydrogens (tertiary/aromatic N) is 2. The molecule has 4 atom stereocenters. The first-order valence-corrected chi connectivity index (χ1v) is 11.6. The van der Waals surface area contributed by atoms with Crippen LogP contribution in [0.25, 0.3) is 0 Å². The van der Waals surface area contributed by atoms with E-state index in [9.17, 15) is 14.3 Å². The molecule has 3 heterocycles. The second kappa shape index (κ2) is 6.81. The Morgan fingerprint density at radius 3 is 2.43 bits per heavy atom. The molecule has 2 amide bonds. The van der Waals surface area contributed by atoms with Gasteiger partial charge < -0.3 is 20.1 Å². The average Bonchev–Trinajstić information content (AvgIpc) is 2.96. The van der Waals surface area contributed by atoms with E-state index in [0.717, 1.165) is 57.8 Å². The second-order valence-corrected chi connectivity index (χ2v) is 10.5. The van der Waals surface area contributed by atoms with Crippen molar-refractivity contribution in [3.63, 3.8) is 0 Å². The minimum atomic E-state index is -0.471. The number of hydrogen-bond donors (Lipinski definition) is 2. The number of amides is 2. The summed E-state index contributed by atoms with van der Waals surface area (Å²) in [6.45, 7) is 0. The molecule has 0 aromatic carbocycles. The van der Waals surface area contributed by atoms with Gasteiger partial charge in [-0.2, -0.15) is 0 Å². The van der Waals surface area contributed by atoms with Crippen LogP contribution in [0.15, 0.2) is 18.3 Å². The van der Waals surface area contributed by atoms with Crippen molar-refractivity contribution in [2.75, 3.05) is 0 Å². The molecule has 4 aliphatic carbocycles. The average molecular weight is 416 g/mol. The van der Waals surface area contributed by atoms with Crippen molar-refractivity contribution in [3.05, 3.63) is 24.1 Å². The molecule has 30 heavy (non-hydrogen) atoms. The molecule has 1 aromatic heterocycles. The number of carbonyl (C=O) groups is 1. The zero-order valence-electron chi connectivity index (χ0n) is 17.2. The van der Waals surface area contributed by atoms with Gasteiger partial charge in [0, 0.05) is 37.0 Å². The van der Waals surface area contributed by atoms with E-state index in [-0.39, 0.29) is 36.1 Å². The first kappa shape index (κ1) is 18.8. The van der Waals surface area contributed by atoms with Gasteiger partial charge in [-0.1, -0.05) is 0 Å². The maximum absolute atomic E-state index is 13.3. The monoisotopic (exact) mass is 415 g/mol. The highest BCUT2D eigenvalue weighted by molar-refractivity contribution is 5.76. The molecule has 2 saturated heterocycles. The molecule has 6 nitrogen and oxygen atoms in total. The predicted octanol–water partition coefficient (Wildman–Crippen LogP) is 3.24. The Balaban J connectivity index is 1.10. The molecule has 4 unspecified atom stereocenters. The Morgan fingerprint density at radius 2 is 1.83 bits per heavy atom. The van der Waals surface area contributed by atoms with Gasteiger partial charge in [0.15, 0.2) is 0 Å². The van der Waals surface area contributed by atoms with Gasteiger partial charge in [0.1, 0.15) is 11.9 Å². The summed E-state index contributed by atoms with van der Waals surface area (Å²) in [5.74, 6) is 1.57. The van der Waals surface area contributed by atoms with Crippen molar-refractivity contribution in [2.45, 2.75) is 87.6 Å². The fourth-order valence-electron chi connectivity index (χ4n) is 7.59. The fraction of sp³-hybridized carbons (Fsp3) is 0.739. The summed E-state index contributed by atoms with van der Waals surface area (Å²) < 4.78 is 19.1. The minimum Gasteiger partial charge on any atom is -0.474 e. The van der Waals surface area contributed by atoms with E-state index in [1.54, 1.807) is 6.07 Å². The van der Waals surface area contributed by atoms with Crippen molar-refractivity contribution in [3.8, 4) is 5.88 Å². The summed E-state index contributed by atoms with van der Waals surface area (Å²) in [5.41, 5.74) is -0.471. The number of urea groups is 1. The van der Waals surface area contributed by atoms with Crippen LogP contribution in [-0.4, -0.2) is 50.9 Å². The summed E-state index contributed by atoms with van der Waals surface area (Å²) in [5, 5.41) is 14.2. The number of pyridine rings is 1. The van der Waals surface area contributed by atoms with Gasteiger partial charge in [-0.3, -0.25) is 0 Å². The van der Waals surface area contributed by atoms with Gasteiger partial charge in [0.25, 0.3) is 0 Å². The van der Waals surface area contributed by atoms with Gasteiger partial charge in [0.05, 0.1) is 11.8 Å². The molecule has 6 aliphatic rings. The molecule has 1 aromatic rings. The summed E-state index contributed by atoms with van der Waals surface area (Å²) >= 11 is 0. The molecule has 7 heteroatoms. The number of piperidine rings is 1. The van der Waals surface area contributed by atoms with Crippen LogP contribution < -0.4 is 10.1 Å². The highest BCUT2D eigenvalue weighted by Gasteiger charge is 2.55. The summed E-state index contributed by atoms with van der Waals surface area (Å²) in [6.07, 6.45) is 9.74. The first-order chi connectivity index (χ1) is 14.5. The fourth-order valence-corrected chi connectivity index (χ4v) is 7.59. The Labute approximate surface area is 176 Å². The maximum atomic E-state index is 13.3. The van der Waals surface area contributed by atoms with E-state index in [2.05, 4.69) is 15.2 Å². The molecule has 7 rings (SSSR count). The van der Waals surface area contributed by atoms with Crippen LogP contribution >= 0.6 is 0 Å². The van der Waals surface area contributed by atoms with E-state index >= 15 is 0 Å². The standard InChI is InChI=1S/C23H30FN3O3/c24-16-1-4-20(25-12-16)30-19-7-17-2-3-18(8-19)27(17)22(28)26-21-14-5-13-6-15(21)11-23(29,9-13)10-14/h1,4,12-15,17-19,21,29H,2-3,5-11H2,(H,26,28). The smallest absolute Gasteiger partial charge is 0.318 e. The van der Waals surface area contributed by atoms with Gasteiger partial charge in [-0.05, 0) is 68.8 Å². The van der Waals surface area contributed by atoms with Gasteiger partial charge >= 0.3 is 6.03 Å². The number of nitrogens with one attached hydrogen (secondary N) is 1. The van der Waals surface area contributed by atoms with Gasteiger partial charge in [0.2, 0.25) is 5.88 Å². The minimum absolute atomic E-state index is 0.0138. The number of rotatable bonds is 3. The third-order valence-electron chi connectivity index (χ3n) is 8.44. The number of hydrogen-bond acceptors (Lipinski definition) is 4. The molecule has 0 spiro atoms. The third-order valence-corrected chi connectivity index (χ3v) is 8.44. The second-order valence-electron chi connectivity index (χ2n) is 10.5. The number of halogens is 1. The van der Waals surface area contributed by atoms with Crippen LogP contribution in [0.3, 0.4) is 0 Å². The van der Waals surface area contributed by atoms with Crippen molar-refractivity contribution < 1.29 is 19.0 Å². The molecule has 162 valence electrons. The highest BCUT2D eigenvalue weighted by Crippen LogP contribution is 2.55. The summed E-state index contributed by atoms with van der Waals surface area (Å²) in [7, 11) is 0. The summed E-state index contributed by atoms with van der Waals surface area (Å²) in [4.78, 5) is 19.4. The van der Waals surface area contributed by atoms with Crippen molar-refractivity contribution >= 4 is 6.03 Å². The van der Waals surface area contributed by atoms with E-state index in [1.807, 2.05) is 0 Å². The van der Waals surface area contributed by atoms with Crippen LogP contribution in [0.5, 0.6) is 5.88 Å². The topological polar surface area (TPSA) is 74.7 Å². The quantitative estimate of drug-likeness (QED) is 0.795. The zero-order chi connectivity index (χ0) is 20.5. The van der Waals surface area contributed by atoms with Gasteiger partial charge in [-0.25, -0.2) is 14.2 Å². The molecule has 2 aliphatic heterocycles. The van der Waals surface area contributed by atoms with Crippen LogP contribution in [-0.2, 0) is 0 Å². The lowest BCUT2D eigenvalue weighted by Crippen LogP contribution is -2.64.